The van der Waals surface area contributed by atoms with Crippen molar-refractivity contribution in [2.24, 2.45) is 5.92 Å². The lowest BCUT2D eigenvalue weighted by molar-refractivity contribution is -0.123. The first-order chi connectivity index (χ1) is 16.7. The number of rotatable bonds is 7. The van der Waals surface area contributed by atoms with Crippen LogP contribution >= 0.6 is 22.9 Å². The molecule has 1 aliphatic heterocycles. The molecule has 1 fully saturated rings. The van der Waals surface area contributed by atoms with Crippen molar-refractivity contribution >= 4 is 56.3 Å². The predicted molar refractivity (Wildman–Crippen MR) is 133 cm³/mol. The van der Waals surface area contributed by atoms with Crippen molar-refractivity contribution in [1.82, 2.24) is 14.7 Å². The summed E-state index contributed by atoms with van der Waals surface area (Å²) < 4.78 is 33.1. The van der Waals surface area contributed by atoms with Gasteiger partial charge in [0.1, 0.15) is 9.97 Å². The summed E-state index contributed by atoms with van der Waals surface area (Å²) in [5.41, 5.74) is 1.14. The molecule has 10 nitrogen and oxygen atoms in total. The number of nitrogens with one attached hydrogen (secondary N) is 2. The van der Waals surface area contributed by atoms with Gasteiger partial charge in [-0.15, -0.1) is 11.3 Å². The molecule has 13 heteroatoms. The van der Waals surface area contributed by atoms with E-state index < -0.39 is 21.8 Å². The Kier molecular flexibility index (Phi) is 7.43. The number of aromatic nitrogens is 2. The van der Waals surface area contributed by atoms with E-state index in [1.54, 1.807) is 18.5 Å². The molecular formula is C22H24ClN5O5S2. The summed E-state index contributed by atoms with van der Waals surface area (Å²) in [5, 5.41) is 2.81. The minimum atomic E-state index is -3.96. The van der Waals surface area contributed by atoms with Crippen molar-refractivity contribution < 1.29 is 22.4 Å². The fourth-order valence-electron chi connectivity index (χ4n) is 3.77. The second-order valence-corrected chi connectivity index (χ2v) is 11.7. The van der Waals surface area contributed by atoms with Gasteiger partial charge >= 0.3 is 0 Å². The summed E-state index contributed by atoms with van der Waals surface area (Å²) in [4.78, 5) is 35.2. The molecule has 0 atom stereocenters. The highest BCUT2D eigenvalue weighted by molar-refractivity contribution is 7.92. The summed E-state index contributed by atoms with van der Waals surface area (Å²) in [6.45, 7) is 4.29. The van der Waals surface area contributed by atoms with Crippen LogP contribution in [0.1, 0.15) is 32.4 Å². The molecule has 0 unspecified atom stereocenters. The van der Waals surface area contributed by atoms with Crippen LogP contribution in [0.3, 0.4) is 0 Å². The number of anilines is 2. The molecule has 0 bridgehead atoms. The Bertz CT molecular complexity index is 1350. The molecule has 3 aromatic heterocycles. The second kappa shape index (κ2) is 10.3. The van der Waals surface area contributed by atoms with Crippen LogP contribution in [0, 0.1) is 5.92 Å². The number of oxazole rings is 1. The molecule has 0 saturated carbocycles. The number of hydrogen-bond acceptors (Lipinski definition) is 9. The molecule has 1 saturated heterocycles. The Morgan fingerprint density at radius 1 is 1.23 bits per heavy atom. The van der Waals surface area contributed by atoms with Gasteiger partial charge < -0.3 is 14.6 Å². The minimum absolute atomic E-state index is 0.00497. The van der Waals surface area contributed by atoms with E-state index in [1.165, 1.54) is 19.1 Å². The number of carbonyl (C=O) groups excluding carboxylic acids is 2. The third kappa shape index (κ3) is 5.82. The average Bonchev–Trinajstić information content (AvgIpc) is 3.48. The predicted octanol–water partition coefficient (Wildman–Crippen LogP) is 3.69. The standard InChI is InChI=1S/C22H24ClN5O5S2/c1-3-16-12-25-22(33-16)15-10-17(26-13(2)29)20(24-11-15)28-8-6-14(7-9-28)21(30)27-35(31,32)19-5-4-18(23)34-19/h4-5,10-12,14H,3,6-9H2,1-2H3,(H,26,29)(H,27,30). The second-order valence-electron chi connectivity index (χ2n) is 8.05. The van der Waals surface area contributed by atoms with Gasteiger partial charge in [0.2, 0.25) is 17.7 Å². The first-order valence-corrected chi connectivity index (χ1v) is 13.6. The summed E-state index contributed by atoms with van der Waals surface area (Å²) in [6.07, 6.45) is 4.85. The molecule has 2 amide bonds. The van der Waals surface area contributed by atoms with Crippen LogP contribution in [0.25, 0.3) is 11.5 Å². The number of pyridine rings is 1. The number of nitrogens with zero attached hydrogens (tertiary/aromatic N) is 3. The SMILES string of the molecule is CCc1cnc(-c2cnc(N3CCC(C(=O)NS(=O)(=O)c4ccc(Cl)s4)CC3)c(NC(C)=O)c2)o1. The van der Waals surface area contributed by atoms with Gasteiger partial charge in [-0.05, 0) is 31.0 Å². The third-order valence-electron chi connectivity index (χ3n) is 5.54. The lowest BCUT2D eigenvalue weighted by Crippen LogP contribution is -2.42. The molecule has 1 aliphatic rings. The molecular weight excluding hydrogens is 514 g/mol. The fraction of sp³-hybridized carbons (Fsp3) is 0.364. The zero-order valence-corrected chi connectivity index (χ0v) is 21.5. The van der Waals surface area contributed by atoms with Crippen molar-refractivity contribution in [3.8, 4) is 11.5 Å². The van der Waals surface area contributed by atoms with Crippen LogP contribution in [0.5, 0.6) is 0 Å². The molecule has 4 rings (SSSR count). The van der Waals surface area contributed by atoms with Gasteiger partial charge in [0.05, 0.1) is 21.8 Å². The monoisotopic (exact) mass is 537 g/mol. The first-order valence-electron chi connectivity index (χ1n) is 11.0. The van der Waals surface area contributed by atoms with Gasteiger partial charge in [0.15, 0.2) is 5.82 Å². The van der Waals surface area contributed by atoms with Crippen molar-refractivity contribution in [2.75, 3.05) is 23.3 Å². The average molecular weight is 538 g/mol. The van der Waals surface area contributed by atoms with Gasteiger partial charge in [-0.25, -0.2) is 23.1 Å². The number of piperidine rings is 1. The van der Waals surface area contributed by atoms with Crippen molar-refractivity contribution in [1.29, 1.82) is 0 Å². The molecule has 35 heavy (non-hydrogen) atoms. The smallest absolute Gasteiger partial charge is 0.273 e. The minimum Gasteiger partial charge on any atom is -0.441 e. The molecule has 0 spiro atoms. The summed E-state index contributed by atoms with van der Waals surface area (Å²) in [6, 6.07) is 4.59. The van der Waals surface area contributed by atoms with Crippen molar-refractivity contribution in [3.63, 3.8) is 0 Å². The first kappa shape index (κ1) is 25.1. The molecule has 2 N–H and O–H groups in total. The lowest BCUT2D eigenvalue weighted by atomic mass is 9.96. The molecule has 186 valence electrons. The Balaban J connectivity index is 1.46. The van der Waals surface area contributed by atoms with Gasteiger partial charge in [0.25, 0.3) is 10.0 Å². The van der Waals surface area contributed by atoms with Crippen LogP contribution in [0.2, 0.25) is 4.34 Å². The van der Waals surface area contributed by atoms with Gasteiger partial charge in [0, 0.05) is 38.5 Å². The quantitative estimate of drug-likeness (QED) is 0.466. The van der Waals surface area contributed by atoms with Crippen molar-refractivity contribution in [3.05, 3.63) is 40.7 Å². The highest BCUT2D eigenvalue weighted by Crippen LogP contribution is 2.32. The maximum absolute atomic E-state index is 12.7. The maximum atomic E-state index is 12.7. The number of aryl methyl sites for hydroxylation is 1. The molecule has 0 aliphatic carbocycles. The van der Waals surface area contributed by atoms with Crippen LogP contribution in [0.15, 0.2) is 39.2 Å². The summed E-state index contributed by atoms with van der Waals surface area (Å²) in [7, 11) is -3.96. The number of halogens is 1. The molecule has 0 radical (unpaired) electrons. The van der Waals surface area contributed by atoms with Crippen LogP contribution in [-0.2, 0) is 26.0 Å². The van der Waals surface area contributed by atoms with Gasteiger partial charge in [-0.1, -0.05) is 18.5 Å². The Hall–Kier alpha value is -2.96. The van der Waals surface area contributed by atoms with E-state index in [2.05, 4.69) is 20.0 Å². The molecule has 4 heterocycles. The lowest BCUT2D eigenvalue weighted by Gasteiger charge is -2.33. The largest absolute Gasteiger partial charge is 0.441 e. The van der Waals surface area contributed by atoms with Crippen LogP contribution in [-0.4, -0.2) is 43.3 Å². The number of thiophene rings is 1. The van der Waals surface area contributed by atoms with Crippen molar-refractivity contribution in [2.45, 2.75) is 37.3 Å². The highest BCUT2D eigenvalue weighted by atomic mass is 35.5. The van der Waals surface area contributed by atoms with E-state index in [0.717, 1.165) is 17.1 Å². The summed E-state index contributed by atoms with van der Waals surface area (Å²) >= 11 is 6.71. The van der Waals surface area contributed by atoms with E-state index in [4.69, 9.17) is 16.0 Å². The number of hydrogen-bond donors (Lipinski definition) is 2. The number of sulfonamides is 1. The highest BCUT2D eigenvalue weighted by Gasteiger charge is 2.30. The van der Waals surface area contributed by atoms with E-state index in [-0.39, 0.29) is 10.1 Å². The Labute approximate surface area is 211 Å². The zero-order valence-electron chi connectivity index (χ0n) is 19.1. The van der Waals surface area contributed by atoms with Gasteiger partial charge in [-0.2, -0.15) is 0 Å². The Morgan fingerprint density at radius 2 is 1.97 bits per heavy atom. The topological polar surface area (TPSA) is 134 Å². The maximum Gasteiger partial charge on any atom is 0.273 e. The number of amides is 2. The van der Waals surface area contributed by atoms with Crippen LogP contribution < -0.4 is 14.9 Å². The third-order valence-corrected chi connectivity index (χ3v) is 8.61. The normalized spacial score (nSPS) is 14.7. The summed E-state index contributed by atoms with van der Waals surface area (Å²) in [5.74, 6) is 0.451. The van der Waals surface area contributed by atoms with E-state index in [1.807, 2.05) is 11.8 Å². The number of carbonyl (C=O) groups is 2. The van der Waals surface area contributed by atoms with E-state index in [9.17, 15) is 18.0 Å². The molecule has 3 aromatic rings. The Morgan fingerprint density at radius 3 is 2.57 bits per heavy atom. The van der Waals surface area contributed by atoms with Crippen LogP contribution in [0.4, 0.5) is 11.5 Å². The van der Waals surface area contributed by atoms with Gasteiger partial charge in [-0.3, -0.25) is 9.59 Å². The van der Waals surface area contributed by atoms with E-state index >= 15 is 0 Å². The zero-order chi connectivity index (χ0) is 25.2. The van der Waals surface area contributed by atoms with E-state index in [0.29, 0.717) is 59.6 Å². The fourth-order valence-corrected chi connectivity index (χ4v) is 6.30. The molecule has 0 aromatic carbocycles.